The molecular weight excluding hydrogens is 146 g/mol. The lowest BCUT2D eigenvalue weighted by Gasteiger charge is -2.27. The van der Waals surface area contributed by atoms with Gasteiger partial charge in [0.05, 0.1) is 0 Å². The predicted molar refractivity (Wildman–Crippen MR) is 54.0 cm³/mol. The van der Waals surface area contributed by atoms with Crippen LogP contribution in [0.4, 0.5) is 0 Å². The molecule has 1 heteroatoms. The van der Waals surface area contributed by atoms with Gasteiger partial charge in [0.25, 0.3) is 0 Å². The summed E-state index contributed by atoms with van der Waals surface area (Å²) in [6.07, 6.45) is 10.7. The average molecular weight is 165 g/mol. The number of likely N-dealkylation sites (N-methyl/N-ethyl adjacent to an activating group) is 1. The van der Waals surface area contributed by atoms with Crippen molar-refractivity contribution in [3.63, 3.8) is 0 Å². The first-order valence-corrected chi connectivity index (χ1v) is 4.82. The molecule has 0 fully saturated rings. The summed E-state index contributed by atoms with van der Waals surface area (Å²) in [5.41, 5.74) is 1.35. The van der Waals surface area contributed by atoms with Crippen LogP contribution in [0, 0.1) is 0 Å². The van der Waals surface area contributed by atoms with E-state index in [9.17, 15) is 0 Å². The molecule has 0 amide bonds. The maximum atomic E-state index is 2.31. The highest BCUT2D eigenvalue weighted by molar-refractivity contribution is 5.21. The quantitative estimate of drug-likeness (QED) is 0.621. The van der Waals surface area contributed by atoms with Crippen molar-refractivity contribution >= 4 is 0 Å². The minimum absolute atomic E-state index is 0.633. The van der Waals surface area contributed by atoms with Crippen molar-refractivity contribution in [2.75, 3.05) is 7.05 Å². The Morgan fingerprint density at radius 2 is 2.25 bits per heavy atom. The number of allylic oxidation sites excluding steroid dienone is 2. The number of nitrogens with zero attached hydrogens (tertiary/aromatic N) is 1. The molecule has 0 unspecified atom stereocenters. The molecule has 0 saturated carbocycles. The van der Waals surface area contributed by atoms with Crippen molar-refractivity contribution in [3.05, 3.63) is 23.9 Å². The van der Waals surface area contributed by atoms with Gasteiger partial charge < -0.3 is 4.90 Å². The highest BCUT2D eigenvalue weighted by atomic mass is 15.1. The number of unbranched alkanes of at least 4 members (excludes halogenated alkanes) is 1. The number of hydrogen-bond acceptors (Lipinski definition) is 1. The van der Waals surface area contributed by atoms with Gasteiger partial charge in [-0.15, -0.1) is 0 Å². The van der Waals surface area contributed by atoms with Crippen LogP contribution >= 0.6 is 0 Å². The monoisotopic (exact) mass is 165 g/mol. The molecule has 1 atom stereocenters. The lowest BCUT2D eigenvalue weighted by atomic mass is 10.0. The van der Waals surface area contributed by atoms with Crippen LogP contribution in [0.2, 0.25) is 0 Å². The Kier molecular flexibility index (Phi) is 3.39. The summed E-state index contributed by atoms with van der Waals surface area (Å²) >= 11 is 0. The first kappa shape index (κ1) is 9.37. The van der Waals surface area contributed by atoms with E-state index in [4.69, 9.17) is 0 Å². The van der Waals surface area contributed by atoms with Gasteiger partial charge in [-0.1, -0.05) is 31.9 Å². The molecule has 1 heterocycles. The van der Waals surface area contributed by atoms with Crippen molar-refractivity contribution in [1.82, 2.24) is 4.90 Å². The molecule has 1 nitrogen and oxygen atoms in total. The largest absolute Gasteiger partial charge is 0.374 e. The molecule has 0 bridgehead atoms. The van der Waals surface area contributed by atoms with Crippen LogP contribution in [0.15, 0.2) is 23.9 Å². The Morgan fingerprint density at radius 3 is 2.83 bits per heavy atom. The van der Waals surface area contributed by atoms with Crippen LogP contribution in [-0.4, -0.2) is 18.0 Å². The lowest BCUT2D eigenvalue weighted by molar-refractivity contribution is 0.351. The third-order valence-electron chi connectivity index (χ3n) is 2.37. The van der Waals surface area contributed by atoms with E-state index in [1.165, 1.54) is 24.8 Å². The Labute approximate surface area is 75.8 Å². The van der Waals surface area contributed by atoms with Crippen LogP contribution in [0.1, 0.15) is 33.1 Å². The van der Waals surface area contributed by atoms with E-state index in [-0.39, 0.29) is 0 Å². The van der Waals surface area contributed by atoms with E-state index in [0.717, 1.165) is 0 Å². The fourth-order valence-corrected chi connectivity index (χ4v) is 1.57. The van der Waals surface area contributed by atoms with Gasteiger partial charge >= 0.3 is 0 Å². The normalized spacial score (nSPS) is 22.8. The molecule has 0 aromatic carbocycles. The summed E-state index contributed by atoms with van der Waals surface area (Å²) in [6, 6.07) is 0.633. The number of rotatable bonds is 3. The fourth-order valence-electron chi connectivity index (χ4n) is 1.57. The molecule has 68 valence electrons. The summed E-state index contributed by atoms with van der Waals surface area (Å²) in [4.78, 5) is 2.31. The van der Waals surface area contributed by atoms with Crippen molar-refractivity contribution in [3.8, 4) is 0 Å². The van der Waals surface area contributed by atoms with Crippen molar-refractivity contribution in [1.29, 1.82) is 0 Å². The second-order valence-electron chi connectivity index (χ2n) is 3.61. The summed E-state index contributed by atoms with van der Waals surface area (Å²) in [5, 5.41) is 0. The van der Waals surface area contributed by atoms with Crippen LogP contribution in [0.3, 0.4) is 0 Å². The Hall–Kier alpha value is -0.720. The maximum absolute atomic E-state index is 2.31. The van der Waals surface area contributed by atoms with Crippen LogP contribution < -0.4 is 0 Å². The predicted octanol–water partition coefficient (Wildman–Crippen LogP) is 2.95. The molecule has 0 aliphatic carbocycles. The maximum Gasteiger partial charge on any atom is 0.0467 e. The molecule has 1 rings (SSSR count). The molecule has 0 saturated heterocycles. The number of hydrogen-bond donors (Lipinski definition) is 0. The Bertz CT molecular complexity index is 191. The van der Waals surface area contributed by atoms with E-state index in [2.05, 4.69) is 44.1 Å². The molecule has 0 N–H and O–H groups in total. The SMILES string of the molecule is CCCC[C@@H]1C=CC(C)=CN1C. The van der Waals surface area contributed by atoms with Crippen LogP contribution in [0.5, 0.6) is 0 Å². The summed E-state index contributed by atoms with van der Waals surface area (Å²) in [5.74, 6) is 0. The minimum atomic E-state index is 0.633. The zero-order chi connectivity index (χ0) is 8.97. The summed E-state index contributed by atoms with van der Waals surface area (Å²) < 4.78 is 0. The van der Waals surface area contributed by atoms with E-state index in [1.54, 1.807) is 0 Å². The standard InChI is InChI=1S/C11H19N/c1-4-5-6-11-8-7-10(2)9-12(11)3/h7-9,11H,4-6H2,1-3H3/t11-/m1/s1. The van der Waals surface area contributed by atoms with Gasteiger partial charge in [-0.3, -0.25) is 0 Å². The zero-order valence-corrected chi connectivity index (χ0v) is 8.38. The van der Waals surface area contributed by atoms with Crippen molar-refractivity contribution in [2.24, 2.45) is 0 Å². The fraction of sp³-hybridized carbons (Fsp3) is 0.636. The zero-order valence-electron chi connectivity index (χ0n) is 8.38. The van der Waals surface area contributed by atoms with E-state index in [1.807, 2.05) is 0 Å². The molecule has 12 heavy (non-hydrogen) atoms. The van der Waals surface area contributed by atoms with Gasteiger partial charge in [-0.2, -0.15) is 0 Å². The third kappa shape index (κ3) is 2.40. The minimum Gasteiger partial charge on any atom is -0.374 e. The van der Waals surface area contributed by atoms with Crippen molar-refractivity contribution in [2.45, 2.75) is 39.2 Å². The molecule has 0 radical (unpaired) electrons. The second-order valence-corrected chi connectivity index (χ2v) is 3.61. The topological polar surface area (TPSA) is 3.24 Å². The molecule has 1 aliphatic heterocycles. The molecular formula is C11H19N. The van der Waals surface area contributed by atoms with Crippen LogP contribution in [0.25, 0.3) is 0 Å². The highest BCUT2D eigenvalue weighted by Gasteiger charge is 2.10. The van der Waals surface area contributed by atoms with E-state index < -0.39 is 0 Å². The summed E-state index contributed by atoms with van der Waals surface area (Å²) in [6.45, 7) is 4.39. The highest BCUT2D eigenvalue weighted by Crippen LogP contribution is 2.15. The third-order valence-corrected chi connectivity index (χ3v) is 2.37. The first-order chi connectivity index (χ1) is 5.74. The molecule has 1 aliphatic rings. The van der Waals surface area contributed by atoms with Gasteiger partial charge in [-0.25, -0.2) is 0 Å². The average Bonchev–Trinajstić information content (AvgIpc) is 2.03. The van der Waals surface area contributed by atoms with E-state index >= 15 is 0 Å². The van der Waals surface area contributed by atoms with Gasteiger partial charge in [0.1, 0.15) is 0 Å². The smallest absolute Gasteiger partial charge is 0.0467 e. The van der Waals surface area contributed by atoms with Gasteiger partial charge in [0.2, 0.25) is 0 Å². The molecule has 0 spiro atoms. The van der Waals surface area contributed by atoms with Crippen LogP contribution in [-0.2, 0) is 0 Å². The van der Waals surface area contributed by atoms with Crippen molar-refractivity contribution < 1.29 is 0 Å². The van der Waals surface area contributed by atoms with Gasteiger partial charge in [-0.05, 0) is 18.9 Å². The van der Waals surface area contributed by atoms with Gasteiger partial charge in [0.15, 0.2) is 0 Å². The second kappa shape index (κ2) is 4.34. The van der Waals surface area contributed by atoms with Gasteiger partial charge in [0, 0.05) is 19.3 Å². The first-order valence-electron chi connectivity index (χ1n) is 4.82. The van der Waals surface area contributed by atoms with E-state index in [0.29, 0.717) is 6.04 Å². The molecule has 0 aromatic rings. The lowest BCUT2D eigenvalue weighted by Crippen LogP contribution is -2.27. The summed E-state index contributed by atoms with van der Waals surface area (Å²) in [7, 11) is 2.16. The Balaban J connectivity index is 2.43. The molecule has 0 aromatic heterocycles. The Morgan fingerprint density at radius 1 is 1.50 bits per heavy atom.